The highest BCUT2D eigenvalue weighted by Gasteiger charge is 2.27. The first-order valence-corrected chi connectivity index (χ1v) is 8.93. The summed E-state index contributed by atoms with van der Waals surface area (Å²) in [7, 11) is 1.44. The molecular weight excluding hydrogens is 330 g/mol. The molecule has 0 amide bonds. The molecule has 0 N–H and O–H groups in total. The van der Waals surface area contributed by atoms with Crippen molar-refractivity contribution in [3.63, 3.8) is 0 Å². The summed E-state index contributed by atoms with van der Waals surface area (Å²) in [6.45, 7) is 2.38. The first kappa shape index (κ1) is 18.3. The Morgan fingerprint density at radius 2 is 2.08 bits per heavy atom. The smallest absolute Gasteiger partial charge is 0.345 e. The Bertz CT molecular complexity index is 659. The number of nitro benzene ring substituents is 1. The van der Waals surface area contributed by atoms with E-state index in [1.54, 1.807) is 0 Å². The lowest BCUT2D eigenvalue weighted by Crippen LogP contribution is -2.22. The van der Waals surface area contributed by atoms with Gasteiger partial charge in [0.2, 0.25) is 0 Å². The second-order valence-corrected chi connectivity index (χ2v) is 6.61. The molecule has 1 aromatic carbocycles. The zero-order valence-corrected chi connectivity index (χ0v) is 14.8. The van der Waals surface area contributed by atoms with Gasteiger partial charge < -0.3 is 9.47 Å². The van der Waals surface area contributed by atoms with E-state index in [2.05, 4.69) is 19.1 Å². The molecule has 1 aliphatic carbocycles. The van der Waals surface area contributed by atoms with Crippen LogP contribution < -0.4 is 4.74 Å². The molecule has 24 heavy (non-hydrogen) atoms. The number of carbonyl (C=O) groups is 1. The van der Waals surface area contributed by atoms with Gasteiger partial charge in [-0.15, -0.1) is 11.8 Å². The minimum atomic E-state index is -0.665. The summed E-state index contributed by atoms with van der Waals surface area (Å²) in [5.74, 6) is 0.380. The van der Waals surface area contributed by atoms with Gasteiger partial charge in [0.25, 0.3) is 5.69 Å². The molecule has 0 saturated heterocycles. The molecule has 2 rings (SSSR count). The highest BCUT2D eigenvalue weighted by Crippen LogP contribution is 2.35. The first-order chi connectivity index (χ1) is 11.5. The second-order valence-electron chi connectivity index (χ2n) is 5.76. The SMILES string of the molecule is COc1cc([N+](=O)[O-])c(C(=O)OCC2CC=CCC2C)cc1SC. The first-order valence-electron chi connectivity index (χ1n) is 7.70. The predicted octanol–water partition coefficient (Wildman–Crippen LogP) is 4.08. The Labute approximate surface area is 145 Å². The van der Waals surface area contributed by atoms with Crippen molar-refractivity contribution in [2.45, 2.75) is 24.7 Å². The third-order valence-electron chi connectivity index (χ3n) is 4.27. The number of hydrogen-bond donors (Lipinski definition) is 0. The van der Waals surface area contributed by atoms with Gasteiger partial charge in [0.1, 0.15) is 11.3 Å². The third-order valence-corrected chi connectivity index (χ3v) is 5.02. The predicted molar refractivity (Wildman–Crippen MR) is 92.7 cm³/mol. The molecule has 0 saturated carbocycles. The van der Waals surface area contributed by atoms with Crippen molar-refractivity contribution in [1.29, 1.82) is 0 Å². The van der Waals surface area contributed by atoms with Crippen molar-refractivity contribution in [1.82, 2.24) is 0 Å². The molecule has 0 fully saturated rings. The third kappa shape index (κ3) is 4.08. The number of esters is 1. The number of hydrogen-bond acceptors (Lipinski definition) is 6. The summed E-state index contributed by atoms with van der Waals surface area (Å²) in [5.41, 5.74) is -0.338. The second kappa shape index (κ2) is 8.19. The van der Waals surface area contributed by atoms with Crippen LogP contribution in [0.15, 0.2) is 29.2 Å². The minimum Gasteiger partial charge on any atom is -0.495 e. The topological polar surface area (TPSA) is 78.7 Å². The van der Waals surface area contributed by atoms with Crippen LogP contribution in [0, 0.1) is 22.0 Å². The van der Waals surface area contributed by atoms with Crippen molar-refractivity contribution in [3.8, 4) is 5.75 Å². The fourth-order valence-corrected chi connectivity index (χ4v) is 3.26. The van der Waals surface area contributed by atoms with Gasteiger partial charge in [0.15, 0.2) is 0 Å². The van der Waals surface area contributed by atoms with Gasteiger partial charge in [-0.05, 0) is 37.0 Å². The van der Waals surface area contributed by atoms with Gasteiger partial charge in [-0.25, -0.2) is 4.79 Å². The summed E-state index contributed by atoms with van der Waals surface area (Å²) >= 11 is 1.35. The van der Waals surface area contributed by atoms with Crippen LogP contribution in [0.2, 0.25) is 0 Å². The van der Waals surface area contributed by atoms with E-state index < -0.39 is 10.9 Å². The lowest BCUT2D eigenvalue weighted by molar-refractivity contribution is -0.385. The molecular formula is C17H21NO5S. The summed E-state index contributed by atoms with van der Waals surface area (Å²) in [4.78, 5) is 23.7. The number of methoxy groups -OCH3 is 1. The van der Waals surface area contributed by atoms with Crippen LogP contribution in [0.25, 0.3) is 0 Å². The van der Waals surface area contributed by atoms with Crippen LogP contribution in [-0.4, -0.2) is 30.9 Å². The lowest BCUT2D eigenvalue weighted by atomic mass is 9.85. The molecule has 0 spiro atoms. The summed E-state index contributed by atoms with van der Waals surface area (Å²) in [6, 6.07) is 2.74. The van der Waals surface area contributed by atoms with Crippen molar-refractivity contribution >= 4 is 23.4 Å². The highest BCUT2D eigenvalue weighted by molar-refractivity contribution is 7.98. The number of benzene rings is 1. The molecule has 7 heteroatoms. The molecule has 130 valence electrons. The van der Waals surface area contributed by atoms with Crippen LogP contribution in [0.4, 0.5) is 5.69 Å². The van der Waals surface area contributed by atoms with Gasteiger partial charge in [-0.1, -0.05) is 19.1 Å². The zero-order chi connectivity index (χ0) is 17.7. The van der Waals surface area contributed by atoms with E-state index in [0.29, 0.717) is 16.6 Å². The number of ether oxygens (including phenoxy) is 2. The van der Waals surface area contributed by atoms with Gasteiger partial charge in [-0.2, -0.15) is 0 Å². The Balaban J connectivity index is 2.21. The molecule has 2 atom stereocenters. The number of nitrogens with zero attached hydrogens (tertiary/aromatic N) is 1. The van der Waals surface area contributed by atoms with E-state index in [1.807, 2.05) is 6.26 Å². The number of carbonyl (C=O) groups excluding carboxylic acids is 1. The van der Waals surface area contributed by atoms with Crippen LogP contribution in [0.3, 0.4) is 0 Å². The van der Waals surface area contributed by atoms with E-state index in [9.17, 15) is 14.9 Å². The van der Waals surface area contributed by atoms with E-state index in [0.717, 1.165) is 12.8 Å². The maximum absolute atomic E-state index is 12.4. The number of thioether (sulfide) groups is 1. The largest absolute Gasteiger partial charge is 0.495 e. The van der Waals surface area contributed by atoms with E-state index in [1.165, 1.54) is 31.0 Å². The maximum Gasteiger partial charge on any atom is 0.345 e. The normalized spacial score (nSPS) is 19.8. The Morgan fingerprint density at radius 1 is 1.38 bits per heavy atom. The van der Waals surface area contributed by atoms with Crippen LogP contribution in [-0.2, 0) is 4.74 Å². The Kier molecular flexibility index (Phi) is 6.25. The molecule has 2 unspecified atom stereocenters. The monoisotopic (exact) mass is 351 g/mol. The number of rotatable bonds is 6. The van der Waals surface area contributed by atoms with Crippen molar-refractivity contribution in [2.24, 2.45) is 11.8 Å². The van der Waals surface area contributed by atoms with Crippen molar-refractivity contribution < 1.29 is 19.2 Å². The quantitative estimate of drug-likeness (QED) is 0.253. The number of allylic oxidation sites excluding steroid dienone is 2. The van der Waals surface area contributed by atoms with E-state index in [4.69, 9.17) is 9.47 Å². The Hall–Kier alpha value is -2.02. The minimum absolute atomic E-state index is 0.0378. The molecule has 1 aliphatic rings. The highest BCUT2D eigenvalue weighted by atomic mass is 32.2. The maximum atomic E-state index is 12.4. The van der Waals surface area contributed by atoms with Gasteiger partial charge >= 0.3 is 5.97 Å². The lowest BCUT2D eigenvalue weighted by Gasteiger charge is -2.24. The summed E-state index contributed by atoms with van der Waals surface area (Å²) < 4.78 is 10.5. The molecule has 0 heterocycles. The standard InChI is InChI=1S/C17H21NO5S/c1-11-6-4-5-7-12(11)10-23-17(19)13-8-16(24-3)15(22-2)9-14(13)18(20)21/h4-5,8-9,11-12H,6-7,10H2,1-3H3. The average molecular weight is 351 g/mol. The van der Waals surface area contributed by atoms with Crippen molar-refractivity contribution in [2.75, 3.05) is 20.0 Å². The van der Waals surface area contributed by atoms with Gasteiger partial charge in [0.05, 0.1) is 29.6 Å². The molecule has 0 aromatic heterocycles. The van der Waals surface area contributed by atoms with Crippen LogP contribution >= 0.6 is 11.8 Å². The molecule has 0 bridgehead atoms. The van der Waals surface area contributed by atoms with E-state index in [-0.39, 0.29) is 23.8 Å². The van der Waals surface area contributed by atoms with Crippen LogP contribution in [0.5, 0.6) is 5.75 Å². The summed E-state index contributed by atoms with van der Waals surface area (Å²) in [5, 5.41) is 11.3. The molecule has 0 aliphatic heterocycles. The molecule has 0 radical (unpaired) electrons. The number of nitro groups is 1. The fourth-order valence-electron chi connectivity index (χ4n) is 2.68. The van der Waals surface area contributed by atoms with Gasteiger partial charge in [-0.3, -0.25) is 10.1 Å². The van der Waals surface area contributed by atoms with Crippen LogP contribution in [0.1, 0.15) is 30.1 Å². The van der Waals surface area contributed by atoms with Crippen molar-refractivity contribution in [3.05, 3.63) is 40.0 Å². The average Bonchev–Trinajstić information content (AvgIpc) is 2.59. The van der Waals surface area contributed by atoms with E-state index >= 15 is 0 Å². The molecule has 6 nitrogen and oxygen atoms in total. The molecule has 1 aromatic rings. The fraction of sp³-hybridized carbons (Fsp3) is 0.471. The zero-order valence-electron chi connectivity index (χ0n) is 14.0. The summed E-state index contributed by atoms with van der Waals surface area (Å²) in [6.07, 6.45) is 7.84. The Morgan fingerprint density at radius 3 is 2.67 bits per heavy atom. The van der Waals surface area contributed by atoms with Gasteiger partial charge in [0, 0.05) is 0 Å².